The molecular weight excluding hydrogens is 168 g/mol. The van der Waals surface area contributed by atoms with Crippen LogP contribution >= 0.6 is 0 Å². The Hall–Kier alpha value is -0.900. The number of aliphatic hydroxyl groups excluding tert-OH is 1. The van der Waals surface area contributed by atoms with E-state index in [1.807, 2.05) is 0 Å². The summed E-state index contributed by atoms with van der Waals surface area (Å²) in [5.74, 6) is 1.08. The molecule has 0 unspecified atom stereocenters. The van der Waals surface area contributed by atoms with Gasteiger partial charge in [-0.15, -0.1) is 0 Å². The van der Waals surface area contributed by atoms with Crippen molar-refractivity contribution in [2.45, 2.75) is 44.6 Å². The zero-order chi connectivity index (χ0) is 9.31. The molecule has 0 radical (unpaired) electrons. The van der Waals surface area contributed by atoms with Gasteiger partial charge in [0.05, 0.1) is 0 Å². The Morgan fingerprint density at radius 1 is 1.46 bits per heavy atom. The average Bonchev–Trinajstić information content (AvgIpc) is 2.72. The molecule has 0 saturated heterocycles. The van der Waals surface area contributed by atoms with E-state index in [1.165, 1.54) is 12.8 Å². The zero-order valence-corrected chi connectivity index (χ0v) is 7.79. The van der Waals surface area contributed by atoms with Crippen molar-refractivity contribution < 1.29 is 9.63 Å². The Morgan fingerprint density at radius 3 is 2.69 bits per heavy atom. The summed E-state index contributed by atoms with van der Waals surface area (Å²) in [6.45, 7) is 2.01. The van der Waals surface area contributed by atoms with Crippen molar-refractivity contribution in [2.75, 3.05) is 0 Å². The molecule has 4 nitrogen and oxygen atoms in total. The lowest BCUT2D eigenvalue weighted by Gasteiger charge is -2.16. The molecule has 72 valence electrons. The van der Waals surface area contributed by atoms with E-state index in [-0.39, 0.29) is 12.0 Å². The summed E-state index contributed by atoms with van der Waals surface area (Å²) in [5, 5.41) is 12.5. The molecule has 1 saturated carbocycles. The molecule has 1 aliphatic carbocycles. The highest BCUT2D eigenvalue weighted by molar-refractivity contribution is 5.05. The van der Waals surface area contributed by atoms with E-state index in [0.29, 0.717) is 11.7 Å². The molecule has 0 bridgehead atoms. The molecule has 1 aliphatic rings. The molecule has 1 aromatic heterocycles. The number of hydrogen-bond donors (Lipinski definition) is 1. The molecule has 0 atom stereocenters. The first-order valence-corrected chi connectivity index (χ1v) is 4.68. The molecule has 1 N–H and O–H groups in total. The van der Waals surface area contributed by atoms with Gasteiger partial charge in [0.2, 0.25) is 5.89 Å². The summed E-state index contributed by atoms with van der Waals surface area (Å²) in [7, 11) is 0. The van der Waals surface area contributed by atoms with Crippen molar-refractivity contribution in [1.82, 2.24) is 10.1 Å². The summed E-state index contributed by atoms with van der Waals surface area (Å²) < 4.78 is 5.12. The standard InChI is InChI=1S/C9H14N2O2/c1-9(4-2-3-5-9)8-10-7(6-12)11-13-8/h12H,2-6H2,1H3. The predicted molar refractivity (Wildman–Crippen MR) is 46.0 cm³/mol. The second-order valence-corrected chi connectivity index (χ2v) is 3.94. The van der Waals surface area contributed by atoms with Gasteiger partial charge in [-0.25, -0.2) is 0 Å². The molecule has 1 fully saturated rings. The minimum absolute atomic E-state index is 0.0560. The fourth-order valence-electron chi connectivity index (χ4n) is 1.93. The van der Waals surface area contributed by atoms with Crippen LogP contribution in [-0.2, 0) is 12.0 Å². The Kier molecular flexibility index (Phi) is 2.07. The first-order valence-electron chi connectivity index (χ1n) is 4.68. The van der Waals surface area contributed by atoms with E-state index in [0.717, 1.165) is 12.8 Å². The lowest BCUT2D eigenvalue weighted by molar-refractivity contribution is 0.258. The summed E-state index contributed by atoms with van der Waals surface area (Å²) in [6.07, 6.45) is 4.68. The van der Waals surface area contributed by atoms with Crippen LogP contribution in [0.25, 0.3) is 0 Å². The van der Waals surface area contributed by atoms with Gasteiger partial charge in [-0.2, -0.15) is 4.98 Å². The van der Waals surface area contributed by atoms with Crippen molar-refractivity contribution in [1.29, 1.82) is 0 Å². The van der Waals surface area contributed by atoms with E-state index in [2.05, 4.69) is 17.1 Å². The number of nitrogens with zero attached hydrogens (tertiary/aromatic N) is 2. The fourth-order valence-corrected chi connectivity index (χ4v) is 1.93. The third kappa shape index (κ3) is 1.46. The number of hydrogen-bond acceptors (Lipinski definition) is 4. The molecule has 4 heteroatoms. The van der Waals surface area contributed by atoms with Crippen LogP contribution in [0.15, 0.2) is 4.52 Å². The van der Waals surface area contributed by atoms with Gasteiger partial charge in [0.1, 0.15) is 6.61 Å². The minimum atomic E-state index is -0.139. The maximum atomic E-state index is 8.79. The zero-order valence-electron chi connectivity index (χ0n) is 7.79. The molecule has 0 aromatic carbocycles. The Labute approximate surface area is 77.0 Å². The van der Waals surface area contributed by atoms with E-state index in [9.17, 15) is 0 Å². The Morgan fingerprint density at radius 2 is 2.15 bits per heavy atom. The van der Waals surface area contributed by atoms with Gasteiger partial charge in [-0.05, 0) is 12.8 Å². The number of rotatable bonds is 2. The Bertz CT molecular complexity index is 290. The van der Waals surface area contributed by atoms with Crippen LogP contribution in [0.1, 0.15) is 44.3 Å². The molecule has 1 aromatic rings. The molecule has 0 aliphatic heterocycles. The second-order valence-electron chi connectivity index (χ2n) is 3.94. The lowest BCUT2D eigenvalue weighted by Crippen LogP contribution is -2.17. The third-order valence-corrected chi connectivity index (χ3v) is 2.83. The van der Waals surface area contributed by atoms with Crippen LogP contribution in [-0.4, -0.2) is 15.2 Å². The van der Waals surface area contributed by atoms with Crippen LogP contribution in [0.2, 0.25) is 0 Å². The minimum Gasteiger partial charge on any atom is -0.388 e. The van der Waals surface area contributed by atoms with E-state index < -0.39 is 0 Å². The molecule has 0 spiro atoms. The van der Waals surface area contributed by atoms with E-state index in [1.54, 1.807) is 0 Å². The summed E-state index contributed by atoms with van der Waals surface area (Å²) in [4.78, 5) is 4.15. The van der Waals surface area contributed by atoms with Crippen LogP contribution < -0.4 is 0 Å². The van der Waals surface area contributed by atoms with Crippen molar-refractivity contribution in [3.63, 3.8) is 0 Å². The van der Waals surface area contributed by atoms with Gasteiger partial charge in [0.15, 0.2) is 5.82 Å². The van der Waals surface area contributed by atoms with Crippen molar-refractivity contribution in [3.8, 4) is 0 Å². The van der Waals surface area contributed by atoms with Crippen LogP contribution in [0.5, 0.6) is 0 Å². The number of aliphatic hydroxyl groups is 1. The molecule has 2 rings (SSSR count). The van der Waals surface area contributed by atoms with Gasteiger partial charge < -0.3 is 9.63 Å². The first kappa shape index (κ1) is 8.69. The number of aromatic nitrogens is 2. The smallest absolute Gasteiger partial charge is 0.232 e. The topological polar surface area (TPSA) is 59.2 Å². The summed E-state index contributed by atoms with van der Waals surface area (Å²) in [6, 6.07) is 0. The fraction of sp³-hybridized carbons (Fsp3) is 0.778. The first-order chi connectivity index (χ1) is 6.24. The van der Waals surface area contributed by atoms with E-state index in [4.69, 9.17) is 9.63 Å². The van der Waals surface area contributed by atoms with Crippen LogP contribution in [0, 0.1) is 0 Å². The van der Waals surface area contributed by atoms with Gasteiger partial charge in [0.25, 0.3) is 0 Å². The molecule has 1 heterocycles. The van der Waals surface area contributed by atoms with Gasteiger partial charge in [-0.1, -0.05) is 24.9 Å². The predicted octanol–water partition coefficient (Wildman–Crippen LogP) is 1.39. The van der Waals surface area contributed by atoms with Crippen LogP contribution in [0.3, 0.4) is 0 Å². The highest BCUT2D eigenvalue weighted by Crippen LogP contribution is 2.39. The lowest BCUT2D eigenvalue weighted by atomic mass is 9.89. The normalized spacial score (nSPS) is 20.8. The summed E-state index contributed by atoms with van der Waals surface area (Å²) >= 11 is 0. The highest BCUT2D eigenvalue weighted by atomic mass is 16.5. The molecular formula is C9H14N2O2. The quantitative estimate of drug-likeness (QED) is 0.750. The summed E-state index contributed by atoms with van der Waals surface area (Å²) in [5.41, 5.74) is 0.0560. The van der Waals surface area contributed by atoms with E-state index >= 15 is 0 Å². The molecule has 0 amide bonds. The largest absolute Gasteiger partial charge is 0.388 e. The monoisotopic (exact) mass is 182 g/mol. The molecule has 13 heavy (non-hydrogen) atoms. The van der Waals surface area contributed by atoms with Gasteiger partial charge >= 0.3 is 0 Å². The highest BCUT2D eigenvalue weighted by Gasteiger charge is 2.35. The Balaban J connectivity index is 2.23. The van der Waals surface area contributed by atoms with Gasteiger partial charge in [0, 0.05) is 5.41 Å². The maximum absolute atomic E-state index is 8.79. The third-order valence-electron chi connectivity index (χ3n) is 2.83. The van der Waals surface area contributed by atoms with Crippen molar-refractivity contribution in [2.24, 2.45) is 0 Å². The van der Waals surface area contributed by atoms with Crippen LogP contribution in [0.4, 0.5) is 0 Å². The maximum Gasteiger partial charge on any atom is 0.232 e. The second kappa shape index (κ2) is 3.10. The SMILES string of the molecule is CC1(c2nc(CO)no2)CCCC1. The average molecular weight is 182 g/mol. The van der Waals surface area contributed by atoms with Gasteiger partial charge in [-0.3, -0.25) is 0 Å². The van der Waals surface area contributed by atoms with Crippen molar-refractivity contribution in [3.05, 3.63) is 11.7 Å². The van der Waals surface area contributed by atoms with Crippen molar-refractivity contribution >= 4 is 0 Å².